The lowest BCUT2D eigenvalue weighted by molar-refractivity contribution is 0.0381. The van der Waals surface area contributed by atoms with E-state index < -0.39 is 5.97 Å². The van der Waals surface area contributed by atoms with Crippen LogP contribution in [0.4, 0.5) is 0 Å². The zero-order valence-corrected chi connectivity index (χ0v) is 8.99. The second-order valence-corrected chi connectivity index (χ2v) is 3.47. The van der Waals surface area contributed by atoms with Crippen LogP contribution in [-0.4, -0.2) is 25.9 Å². The Labute approximate surface area is 96.7 Å². The van der Waals surface area contributed by atoms with Crippen LogP contribution in [0.2, 0.25) is 0 Å². The van der Waals surface area contributed by atoms with Crippen LogP contribution in [0.3, 0.4) is 0 Å². The van der Waals surface area contributed by atoms with Crippen molar-refractivity contribution in [1.82, 2.24) is 9.71 Å². The second-order valence-electron chi connectivity index (χ2n) is 3.47. The molecule has 0 aromatic carbocycles. The number of pyridine rings is 1. The predicted molar refractivity (Wildman–Crippen MR) is 57.6 cm³/mol. The van der Waals surface area contributed by atoms with Gasteiger partial charge in [0.25, 0.3) is 0 Å². The van der Waals surface area contributed by atoms with E-state index in [0.29, 0.717) is 4.73 Å². The fourth-order valence-corrected chi connectivity index (χ4v) is 1.30. The van der Waals surface area contributed by atoms with Crippen molar-refractivity contribution < 1.29 is 19.8 Å². The van der Waals surface area contributed by atoms with Crippen LogP contribution in [0.15, 0.2) is 30.6 Å². The third kappa shape index (κ3) is 2.20. The third-order valence-corrected chi connectivity index (χ3v) is 2.08. The van der Waals surface area contributed by atoms with E-state index in [4.69, 9.17) is 4.84 Å². The van der Waals surface area contributed by atoms with Crippen LogP contribution in [0.25, 0.3) is 0 Å². The average molecular weight is 234 g/mol. The van der Waals surface area contributed by atoms with Crippen LogP contribution in [0.1, 0.15) is 15.9 Å². The number of aryl methyl sites for hydroxylation is 1. The lowest BCUT2D eigenvalue weighted by atomic mass is 10.2. The van der Waals surface area contributed by atoms with Gasteiger partial charge in [-0.25, -0.2) is 4.79 Å². The van der Waals surface area contributed by atoms with Gasteiger partial charge in [0, 0.05) is 24.5 Å². The minimum atomic E-state index is -0.719. The van der Waals surface area contributed by atoms with Gasteiger partial charge in [-0.3, -0.25) is 4.98 Å². The summed E-state index contributed by atoms with van der Waals surface area (Å²) in [4.78, 5) is 20.3. The molecule has 0 bridgehead atoms. The molecular weight excluding hydrogens is 224 g/mol. The van der Waals surface area contributed by atoms with Crippen molar-refractivity contribution in [2.75, 3.05) is 0 Å². The molecule has 2 heterocycles. The summed E-state index contributed by atoms with van der Waals surface area (Å²) >= 11 is 0. The molecule has 0 amide bonds. The Bertz CT molecular complexity index is 543. The van der Waals surface area contributed by atoms with Gasteiger partial charge in [-0.05, 0) is 18.6 Å². The fourth-order valence-electron chi connectivity index (χ4n) is 1.30. The second kappa shape index (κ2) is 4.17. The first-order valence-electron chi connectivity index (χ1n) is 4.82. The molecule has 0 unspecified atom stereocenters. The number of aromatic hydroxyl groups is 2. The van der Waals surface area contributed by atoms with E-state index in [9.17, 15) is 15.0 Å². The summed E-state index contributed by atoms with van der Waals surface area (Å²) < 4.78 is 0.630. The number of hydrogen-bond donors (Lipinski definition) is 2. The molecule has 6 heteroatoms. The summed E-state index contributed by atoms with van der Waals surface area (Å²) in [5.41, 5.74) is 1.04. The van der Waals surface area contributed by atoms with Gasteiger partial charge >= 0.3 is 5.97 Å². The Morgan fingerprint density at radius 3 is 2.53 bits per heavy atom. The smallest absolute Gasteiger partial charge is 0.365 e. The summed E-state index contributed by atoms with van der Waals surface area (Å²) in [6.07, 6.45) is 2.94. The average Bonchev–Trinajstić information content (AvgIpc) is 2.61. The summed E-state index contributed by atoms with van der Waals surface area (Å²) in [5.74, 6) is -1.45. The molecule has 0 radical (unpaired) electrons. The van der Waals surface area contributed by atoms with Crippen LogP contribution in [-0.2, 0) is 0 Å². The molecule has 0 aliphatic heterocycles. The zero-order chi connectivity index (χ0) is 12.4. The maximum Gasteiger partial charge on any atom is 0.365 e. The highest BCUT2D eigenvalue weighted by Crippen LogP contribution is 2.19. The van der Waals surface area contributed by atoms with Crippen molar-refractivity contribution in [3.8, 4) is 11.8 Å². The summed E-state index contributed by atoms with van der Waals surface area (Å²) in [6.45, 7) is 1.79. The van der Waals surface area contributed by atoms with Gasteiger partial charge in [0.05, 0.1) is 5.56 Å². The molecule has 0 atom stereocenters. The van der Waals surface area contributed by atoms with Crippen molar-refractivity contribution >= 4 is 5.97 Å². The van der Waals surface area contributed by atoms with Crippen molar-refractivity contribution in [2.24, 2.45) is 0 Å². The first kappa shape index (κ1) is 11.0. The van der Waals surface area contributed by atoms with E-state index in [1.54, 1.807) is 19.2 Å². The lowest BCUT2D eigenvalue weighted by Crippen LogP contribution is -2.19. The number of nitrogens with zero attached hydrogens (tertiary/aromatic N) is 2. The summed E-state index contributed by atoms with van der Waals surface area (Å²) in [5, 5.41) is 18.6. The largest absolute Gasteiger partial charge is 0.492 e. The van der Waals surface area contributed by atoms with E-state index in [1.165, 1.54) is 18.3 Å². The van der Waals surface area contributed by atoms with E-state index in [-0.39, 0.29) is 17.3 Å². The van der Waals surface area contributed by atoms with Gasteiger partial charge in [-0.1, -0.05) is 0 Å². The Kier molecular flexibility index (Phi) is 2.70. The lowest BCUT2D eigenvalue weighted by Gasteiger charge is -2.06. The summed E-state index contributed by atoms with van der Waals surface area (Å²) in [6, 6.07) is 4.00. The predicted octanol–water partition coefficient (Wildman–Crippen LogP) is 0.872. The first-order valence-corrected chi connectivity index (χ1v) is 4.82. The number of carbonyl (C=O) groups excluding carboxylic acids is 1. The van der Waals surface area contributed by atoms with E-state index in [0.717, 1.165) is 5.56 Å². The highest BCUT2D eigenvalue weighted by Gasteiger charge is 2.14. The molecule has 0 aliphatic rings. The molecule has 2 rings (SSSR count). The van der Waals surface area contributed by atoms with Crippen molar-refractivity contribution in [3.63, 3.8) is 0 Å². The van der Waals surface area contributed by atoms with Crippen LogP contribution >= 0.6 is 0 Å². The van der Waals surface area contributed by atoms with Crippen molar-refractivity contribution in [3.05, 3.63) is 41.7 Å². The van der Waals surface area contributed by atoms with E-state index in [1.807, 2.05) is 0 Å². The highest BCUT2D eigenvalue weighted by molar-refractivity contribution is 5.89. The number of rotatable bonds is 2. The summed E-state index contributed by atoms with van der Waals surface area (Å²) in [7, 11) is 0. The molecule has 0 spiro atoms. The molecule has 2 N–H and O–H groups in total. The monoisotopic (exact) mass is 234 g/mol. The van der Waals surface area contributed by atoms with Gasteiger partial charge < -0.3 is 15.1 Å². The molecule has 6 nitrogen and oxygen atoms in total. The maximum absolute atomic E-state index is 11.7. The topological polar surface area (TPSA) is 84.6 Å². The minimum absolute atomic E-state index is 0.234. The van der Waals surface area contributed by atoms with Crippen molar-refractivity contribution in [2.45, 2.75) is 6.92 Å². The van der Waals surface area contributed by atoms with Crippen LogP contribution in [0, 0.1) is 6.92 Å². The van der Waals surface area contributed by atoms with E-state index in [2.05, 4.69) is 4.98 Å². The van der Waals surface area contributed by atoms with Gasteiger partial charge in [0.15, 0.2) is 0 Å². The minimum Gasteiger partial charge on any atom is -0.492 e. The van der Waals surface area contributed by atoms with Crippen LogP contribution in [0.5, 0.6) is 11.8 Å². The first-order chi connectivity index (χ1) is 8.08. The Morgan fingerprint density at radius 1 is 1.29 bits per heavy atom. The number of aromatic nitrogens is 2. The number of hydrogen-bond acceptors (Lipinski definition) is 5. The van der Waals surface area contributed by atoms with E-state index >= 15 is 0 Å². The molecule has 2 aromatic rings. The number of carbonyl (C=O) groups is 1. The Hall–Kier alpha value is -2.50. The maximum atomic E-state index is 11.7. The SMILES string of the molecule is Cc1cncc(C(=O)On2c(O)ccc2O)c1. The van der Waals surface area contributed by atoms with Gasteiger partial charge in [0.1, 0.15) is 0 Å². The fraction of sp³-hybridized carbons (Fsp3) is 0.0909. The van der Waals surface area contributed by atoms with Crippen LogP contribution < -0.4 is 4.84 Å². The normalized spacial score (nSPS) is 10.2. The molecule has 17 heavy (non-hydrogen) atoms. The third-order valence-electron chi connectivity index (χ3n) is 2.08. The molecule has 0 saturated heterocycles. The Morgan fingerprint density at radius 2 is 1.94 bits per heavy atom. The molecular formula is C11H10N2O4. The molecule has 88 valence electrons. The molecule has 0 saturated carbocycles. The van der Waals surface area contributed by atoms with Gasteiger partial charge in [-0.2, -0.15) is 0 Å². The Balaban J connectivity index is 2.23. The zero-order valence-electron chi connectivity index (χ0n) is 8.99. The quantitative estimate of drug-likeness (QED) is 0.805. The molecule has 2 aromatic heterocycles. The molecule has 0 fully saturated rings. The highest BCUT2D eigenvalue weighted by atomic mass is 16.7. The van der Waals surface area contributed by atoms with Crippen molar-refractivity contribution in [1.29, 1.82) is 0 Å². The van der Waals surface area contributed by atoms with Gasteiger partial charge in [0.2, 0.25) is 11.8 Å². The molecule has 0 aliphatic carbocycles. The standard InChI is InChI=1S/C11H10N2O4/c1-7-4-8(6-12-5-7)11(16)17-13-9(14)2-3-10(13)15/h2-6,14-15H,1H3. The van der Waals surface area contributed by atoms with Gasteiger partial charge in [-0.15, -0.1) is 4.73 Å².